The maximum Gasteiger partial charge on any atom is 0.203 e. The van der Waals surface area contributed by atoms with E-state index in [2.05, 4.69) is 5.32 Å². The van der Waals surface area contributed by atoms with Gasteiger partial charge in [0.1, 0.15) is 17.6 Å². The Morgan fingerprint density at radius 1 is 1.39 bits per heavy atom. The van der Waals surface area contributed by atoms with Gasteiger partial charge in [0.2, 0.25) is 5.76 Å². The molecule has 0 fully saturated rings. The maximum atomic E-state index is 13.1. The number of furan rings is 1. The summed E-state index contributed by atoms with van der Waals surface area (Å²) in [5, 5.41) is 11.8. The van der Waals surface area contributed by atoms with Crippen LogP contribution in [0.25, 0.3) is 0 Å². The van der Waals surface area contributed by atoms with Gasteiger partial charge < -0.3 is 9.73 Å². The Labute approximate surface area is 105 Å². The smallest absolute Gasteiger partial charge is 0.203 e. The molecule has 1 heterocycles. The minimum atomic E-state index is -0.245. The van der Waals surface area contributed by atoms with Gasteiger partial charge in [-0.1, -0.05) is 12.1 Å². The zero-order chi connectivity index (χ0) is 13.0. The fraction of sp³-hybridized carbons (Fsp3) is 0.214. The molecule has 0 aliphatic heterocycles. The lowest BCUT2D eigenvalue weighted by Crippen LogP contribution is -2.17. The van der Waals surface area contributed by atoms with E-state index in [-0.39, 0.29) is 11.9 Å². The molecule has 2 rings (SSSR count). The van der Waals surface area contributed by atoms with Crippen molar-refractivity contribution in [3.8, 4) is 6.07 Å². The van der Waals surface area contributed by atoms with E-state index in [9.17, 15) is 4.39 Å². The van der Waals surface area contributed by atoms with E-state index in [4.69, 9.17) is 9.68 Å². The van der Waals surface area contributed by atoms with E-state index in [0.717, 1.165) is 5.56 Å². The highest BCUT2D eigenvalue weighted by molar-refractivity contribution is 5.21. The summed E-state index contributed by atoms with van der Waals surface area (Å²) in [5.41, 5.74) is 0.877. The third-order valence-electron chi connectivity index (χ3n) is 2.70. The molecule has 92 valence electrons. The molecule has 0 radical (unpaired) electrons. The zero-order valence-electron chi connectivity index (χ0n) is 9.98. The number of halogens is 1. The van der Waals surface area contributed by atoms with E-state index < -0.39 is 0 Å². The van der Waals surface area contributed by atoms with Crippen molar-refractivity contribution in [2.75, 3.05) is 0 Å². The average molecular weight is 244 g/mol. The Morgan fingerprint density at radius 3 is 2.89 bits per heavy atom. The van der Waals surface area contributed by atoms with Crippen LogP contribution in [0.5, 0.6) is 0 Å². The van der Waals surface area contributed by atoms with Crippen molar-refractivity contribution in [2.24, 2.45) is 0 Å². The monoisotopic (exact) mass is 244 g/mol. The lowest BCUT2D eigenvalue weighted by atomic mass is 10.1. The first-order valence-corrected chi connectivity index (χ1v) is 5.66. The molecule has 1 aromatic carbocycles. The molecule has 0 spiro atoms. The molecule has 0 aliphatic carbocycles. The Balaban J connectivity index is 1.96. The Morgan fingerprint density at radius 2 is 2.22 bits per heavy atom. The standard InChI is InChI=1S/C14H13FN2O/c1-10(11-3-2-4-12(15)7-11)17-9-14-6-5-13(8-16)18-14/h2-7,10,17H,9H2,1H3. The molecule has 0 saturated heterocycles. The molecule has 3 nitrogen and oxygen atoms in total. The highest BCUT2D eigenvalue weighted by atomic mass is 19.1. The number of benzene rings is 1. The summed E-state index contributed by atoms with van der Waals surface area (Å²) in [6.45, 7) is 2.45. The van der Waals surface area contributed by atoms with Gasteiger partial charge in [-0.2, -0.15) is 5.26 Å². The van der Waals surface area contributed by atoms with Gasteiger partial charge in [-0.05, 0) is 36.8 Å². The van der Waals surface area contributed by atoms with E-state index in [1.165, 1.54) is 12.1 Å². The van der Waals surface area contributed by atoms with Crippen molar-refractivity contribution in [1.82, 2.24) is 5.32 Å². The summed E-state index contributed by atoms with van der Waals surface area (Å²) < 4.78 is 18.3. The van der Waals surface area contributed by atoms with E-state index in [0.29, 0.717) is 18.1 Å². The molecular formula is C14H13FN2O. The van der Waals surface area contributed by atoms with Crippen LogP contribution < -0.4 is 5.32 Å². The molecule has 18 heavy (non-hydrogen) atoms. The molecule has 2 aromatic rings. The first kappa shape index (κ1) is 12.3. The maximum absolute atomic E-state index is 13.1. The lowest BCUT2D eigenvalue weighted by Gasteiger charge is -2.13. The van der Waals surface area contributed by atoms with Gasteiger partial charge in [-0.3, -0.25) is 0 Å². The Kier molecular flexibility index (Phi) is 3.75. The third-order valence-corrected chi connectivity index (χ3v) is 2.70. The molecule has 1 atom stereocenters. The van der Waals surface area contributed by atoms with Gasteiger partial charge in [0.05, 0.1) is 6.54 Å². The van der Waals surface area contributed by atoms with Crippen LogP contribution in [0, 0.1) is 17.1 Å². The van der Waals surface area contributed by atoms with Crippen molar-refractivity contribution < 1.29 is 8.81 Å². The van der Waals surface area contributed by atoms with Crippen LogP contribution in [0.3, 0.4) is 0 Å². The topological polar surface area (TPSA) is 49.0 Å². The third kappa shape index (κ3) is 2.96. The van der Waals surface area contributed by atoms with Gasteiger partial charge in [0, 0.05) is 6.04 Å². The first-order valence-electron chi connectivity index (χ1n) is 5.66. The fourth-order valence-electron chi connectivity index (χ4n) is 1.68. The average Bonchev–Trinajstić information content (AvgIpc) is 2.84. The van der Waals surface area contributed by atoms with E-state index in [1.54, 1.807) is 18.2 Å². The molecule has 0 saturated carbocycles. The number of rotatable bonds is 4. The quantitative estimate of drug-likeness (QED) is 0.898. The second-order valence-electron chi connectivity index (χ2n) is 4.04. The number of nitrogens with one attached hydrogen (secondary N) is 1. The van der Waals surface area contributed by atoms with Crippen molar-refractivity contribution in [3.63, 3.8) is 0 Å². The highest BCUT2D eigenvalue weighted by Gasteiger charge is 2.07. The summed E-state index contributed by atoms with van der Waals surface area (Å²) in [6.07, 6.45) is 0. The SMILES string of the molecule is CC(NCc1ccc(C#N)o1)c1cccc(F)c1. The van der Waals surface area contributed by atoms with Gasteiger partial charge in [0.15, 0.2) is 0 Å². The van der Waals surface area contributed by atoms with Gasteiger partial charge in [-0.15, -0.1) is 0 Å². The van der Waals surface area contributed by atoms with Gasteiger partial charge in [-0.25, -0.2) is 4.39 Å². The highest BCUT2D eigenvalue weighted by Crippen LogP contribution is 2.15. The molecule has 0 bridgehead atoms. The second kappa shape index (κ2) is 5.48. The summed E-state index contributed by atoms with van der Waals surface area (Å²) in [7, 11) is 0. The van der Waals surface area contributed by atoms with Crippen LogP contribution >= 0.6 is 0 Å². The summed E-state index contributed by atoms with van der Waals surface area (Å²) in [5.74, 6) is 0.742. The molecular weight excluding hydrogens is 231 g/mol. The summed E-state index contributed by atoms with van der Waals surface area (Å²) in [4.78, 5) is 0. The van der Waals surface area contributed by atoms with Gasteiger partial charge in [0.25, 0.3) is 0 Å². The zero-order valence-corrected chi connectivity index (χ0v) is 9.98. The molecule has 0 aliphatic rings. The number of hydrogen-bond acceptors (Lipinski definition) is 3. The van der Waals surface area contributed by atoms with Crippen LogP contribution in [0.2, 0.25) is 0 Å². The van der Waals surface area contributed by atoms with Crippen LogP contribution in [-0.4, -0.2) is 0 Å². The summed E-state index contributed by atoms with van der Waals surface area (Å²) >= 11 is 0. The number of nitrogens with zero attached hydrogens (tertiary/aromatic N) is 1. The predicted octanol–water partition coefficient (Wildman–Crippen LogP) is 3.14. The first-order chi connectivity index (χ1) is 8.69. The molecule has 1 unspecified atom stereocenters. The largest absolute Gasteiger partial charge is 0.449 e. The fourth-order valence-corrected chi connectivity index (χ4v) is 1.68. The number of hydrogen-bond donors (Lipinski definition) is 1. The van der Waals surface area contributed by atoms with Crippen LogP contribution in [0.4, 0.5) is 4.39 Å². The Bertz CT molecular complexity index is 571. The van der Waals surface area contributed by atoms with Crippen molar-refractivity contribution in [2.45, 2.75) is 19.5 Å². The van der Waals surface area contributed by atoms with Crippen LogP contribution in [0.15, 0.2) is 40.8 Å². The van der Waals surface area contributed by atoms with E-state index in [1.807, 2.05) is 19.1 Å². The van der Waals surface area contributed by atoms with Crippen molar-refractivity contribution >= 4 is 0 Å². The second-order valence-corrected chi connectivity index (χ2v) is 4.04. The Hall–Kier alpha value is -2.12. The normalized spacial score (nSPS) is 12.1. The minimum Gasteiger partial charge on any atom is -0.449 e. The van der Waals surface area contributed by atoms with E-state index >= 15 is 0 Å². The molecule has 0 amide bonds. The van der Waals surface area contributed by atoms with Gasteiger partial charge >= 0.3 is 0 Å². The minimum absolute atomic E-state index is 0.0105. The molecule has 4 heteroatoms. The van der Waals surface area contributed by atoms with Crippen LogP contribution in [0.1, 0.15) is 30.0 Å². The summed E-state index contributed by atoms with van der Waals surface area (Å²) in [6, 6.07) is 11.8. The van der Waals surface area contributed by atoms with Crippen molar-refractivity contribution in [1.29, 1.82) is 5.26 Å². The van der Waals surface area contributed by atoms with Crippen LogP contribution in [-0.2, 0) is 6.54 Å². The molecule has 1 N–H and O–H groups in total. The van der Waals surface area contributed by atoms with Crippen molar-refractivity contribution in [3.05, 3.63) is 59.3 Å². The number of nitriles is 1. The predicted molar refractivity (Wildman–Crippen MR) is 65.1 cm³/mol. The molecule has 1 aromatic heterocycles. The lowest BCUT2D eigenvalue weighted by molar-refractivity contribution is 0.453.